The van der Waals surface area contributed by atoms with E-state index in [0.717, 1.165) is 29.2 Å². The van der Waals surface area contributed by atoms with Crippen molar-refractivity contribution in [1.82, 2.24) is 0 Å². The van der Waals surface area contributed by atoms with Crippen molar-refractivity contribution in [3.63, 3.8) is 0 Å². The fourth-order valence-electron chi connectivity index (χ4n) is 1.95. The maximum Gasteiger partial charge on any atom is 0.412 e. The minimum atomic E-state index is -0.547. The molecule has 2 rings (SSSR count). The van der Waals surface area contributed by atoms with Crippen LogP contribution in [0.2, 0.25) is 0 Å². The highest BCUT2D eigenvalue weighted by atomic mass is 79.9. The first kappa shape index (κ1) is 15.0. The number of amides is 1. The molecule has 1 amide bonds. The van der Waals surface area contributed by atoms with E-state index in [1.165, 1.54) is 0 Å². The van der Waals surface area contributed by atoms with Crippen LogP contribution in [0.1, 0.15) is 39.2 Å². The molecule has 4 nitrogen and oxygen atoms in total. The van der Waals surface area contributed by atoms with E-state index in [4.69, 9.17) is 4.74 Å². The molecule has 0 saturated heterocycles. The third-order valence-corrected chi connectivity index (χ3v) is 3.88. The van der Waals surface area contributed by atoms with Gasteiger partial charge in [-0.2, -0.15) is 0 Å². The lowest BCUT2D eigenvalue weighted by molar-refractivity contribution is -0.109. The number of halogens is 1. The number of aldehydes is 1. The maximum atomic E-state index is 11.8. The van der Waals surface area contributed by atoms with Crippen LogP contribution in [0.5, 0.6) is 0 Å². The Kier molecular flexibility index (Phi) is 3.91. The lowest BCUT2D eigenvalue weighted by atomic mass is 9.97. The number of hydrogen-bond donors (Lipinski definition) is 1. The fraction of sp³-hybridized carbons (Fsp3) is 0.467. The molecule has 0 unspecified atom stereocenters. The Bertz CT molecular complexity index is 545. The number of rotatable bonds is 3. The van der Waals surface area contributed by atoms with Gasteiger partial charge in [0, 0.05) is 4.47 Å². The molecule has 1 aliphatic rings. The van der Waals surface area contributed by atoms with E-state index < -0.39 is 11.7 Å². The van der Waals surface area contributed by atoms with E-state index in [1.54, 1.807) is 0 Å². The van der Waals surface area contributed by atoms with Gasteiger partial charge in [-0.25, -0.2) is 4.79 Å². The molecule has 20 heavy (non-hydrogen) atoms. The second-order valence-electron chi connectivity index (χ2n) is 6.10. The summed E-state index contributed by atoms with van der Waals surface area (Å²) < 4.78 is 5.98. The monoisotopic (exact) mass is 339 g/mol. The summed E-state index contributed by atoms with van der Waals surface area (Å²) in [7, 11) is 0. The molecule has 0 heterocycles. The highest BCUT2D eigenvalue weighted by Gasteiger charge is 2.44. The van der Waals surface area contributed by atoms with Gasteiger partial charge in [-0.15, -0.1) is 0 Å². The zero-order chi connectivity index (χ0) is 15.0. The van der Waals surface area contributed by atoms with Crippen molar-refractivity contribution >= 4 is 34.0 Å². The first-order valence-corrected chi connectivity index (χ1v) is 7.31. The van der Waals surface area contributed by atoms with Crippen LogP contribution < -0.4 is 5.32 Å². The highest BCUT2D eigenvalue weighted by molar-refractivity contribution is 9.10. The standard InChI is InChI=1S/C15H18BrNO3/c1-14(2,3)20-13(19)17-12-8-10(4-5-11(12)16)15(9-18)6-7-15/h4-5,8-9H,6-7H2,1-3H3,(H,17,19). The Hall–Kier alpha value is -1.36. The normalized spacial score (nSPS) is 16.4. The van der Waals surface area contributed by atoms with Gasteiger partial charge in [-0.1, -0.05) is 6.07 Å². The second kappa shape index (κ2) is 5.20. The van der Waals surface area contributed by atoms with Crippen LogP contribution in [0.25, 0.3) is 0 Å². The van der Waals surface area contributed by atoms with Gasteiger partial charge in [0.25, 0.3) is 0 Å². The van der Waals surface area contributed by atoms with Crippen LogP contribution in [0, 0.1) is 0 Å². The number of carbonyl (C=O) groups excluding carboxylic acids is 2. The molecule has 108 valence electrons. The van der Waals surface area contributed by atoms with Crippen molar-refractivity contribution in [3.8, 4) is 0 Å². The number of hydrogen-bond acceptors (Lipinski definition) is 3. The lowest BCUT2D eigenvalue weighted by Crippen LogP contribution is -2.27. The molecular weight excluding hydrogens is 322 g/mol. The van der Waals surface area contributed by atoms with Gasteiger partial charge in [0.05, 0.1) is 11.1 Å². The van der Waals surface area contributed by atoms with E-state index in [1.807, 2.05) is 39.0 Å². The fourth-order valence-corrected chi connectivity index (χ4v) is 2.30. The summed E-state index contributed by atoms with van der Waals surface area (Å²) in [6.45, 7) is 5.43. The van der Waals surface area contributed by atoms with Crippen LogP contribution in [-0.4, -0.2) is 18.0 Å². The Balaban J connectivity index is 2.17. The van der Waals surface area contributed by atoms with E-state index in [0.29, 0.717) is 5.69 Å². The molecule has 1 aromatic carbocycles. The molecule has 1 N–H and O–H groups in total. The minimum Gasteiger partial charge on any atom is -0.444 e. The predicted octanol–water partition coefficient (Wildman–Crippen LogP) is 4.03. The Morgan fingerprint density at radius 2 is 2.05 bits per heavy atom. The summed E-state index contributed by atoms with van der Waals surface area (Å²) in [5, 5.41) is 2.71. The summed E-state index contributed by atoms with van der Waals surface area (Å²) >= 11 is 3.39. The van der Waals surface area contributed by atoms with Gasteiger partial charge >= 0.3 is 6.09 Å². The Labute approximate surface area is 127 Å². The molecular formula is C15H18BrNO3. The molecule has 1 aromatic rings. The third-order valence-electron chi connectivity index (χ3n) is 3.19. The highest BCUT2D eigenvalue weighted by Crippen LogP contribution is 2.47. The molecule has 0 aliphatic heterocycles. The molecule has 1 saturated carbocycles. The number of benzene rings is 1. The van der Waals surface area contributed by atoms with Gasteiger partial charge in [-0.05, 0) is 67.2 Å². The lowest BCUT2D eigenvalue weighted by Gasteiger charge is -2.20. The van der Waals surface area contributed by atoms with Crippen molar-refractivity contribution in [2.24, 2.45) is 0 Å². The first-order chi connectivity index (χ1) is 9.26. The van der Waals surface area contributed by atoms with Gasteiger partial charge in [0.15, 0.2) is 0 Å². The smallest absolute Gasteiger partial charge is 0.412 e. The Morgan fingerprint density at radius 3 is 2.55 bits per heavy atom. The molecule has 5 heteroatoms. The topological polar surface area (TPSA) is 55.4 Å². The third kappa shape index (κ3) is 3.39. The zero-order valence-electron chi connectivity index (χ0n) is 11.8. The summed E-state index contributed by atoms with van der Waals surface area (Å²) in [6.07, 6.45) is 2.22. The van der Waals surface area contributed by atoms with Crippen LogP contribution in [0.4, 0.5) is 10.5 Å². The quantitative estimate of drug-likeness (QED) is 0.846. The maximum absolute atomic E-state index is 11.8. The summed E-state index contributed by atoms with van der Waals surface area (Å²) in [4.78, 5) is 23.0. The summed E-state index contributed by atoms with van der Waals surface area (Å²) in [6, 6.07) is 5.58. The van der Waals surface area contributed by atoms with E-state index in [-0.39, 0.29) is 5.41 Å². The average molecular weight is 340 g/mol. The van der Waals surface area contributed by atoms with Gasteiger partial charge in [0.2, 0.25) is 0 Å². The summed E-state index contributed by atoms with van der Waals surface area (Å²) in [5.41, 5.74) is 0.645. The molecule has 0 aromatic heterocycles. The first-order valence-electron chi connectivity index (χ1n) is 6.52. The van der Waals surface area contributed by atoms with Crippen LogP contribution >= 0.6 is 15.9 Å². The van der Waals surface area contributed by atoms with Crippen LogP contribution in [0.3, 0.4) is 0 Å². The number of carbonyl (C=O) groups is 2. The van der Waals surface area contributed by atoms with Gasteiger partial charge in [0.1, 0.15) is 11.9 Å². The Morgan fingerprint density at radius 1 is 1.40 bits per heavy atom. The SMILES string of the molecule is CC(C)(C)OC(=O)Nc1cc(C2(C=O)CC2)ccc1Br. The number of anilines is 1. The van der Waals surface area contributed by atoms with E-state index in [9.17, 15) is 9.59 Å². The average Bonchev–Trinajstić information content (AvgIpc) is 3.10. The largest absolute Gasteiger partial charge is 0.444 e. The molecule has 0 spiro atoms. The molecule has 0 bridgehead atoms. The number of nitrogens with one attached hydrogen (secondary N) is 1. The summed E-state index contributed by atoms with van der Waals surface area (Å²) in [5.74, 6) is 0. The zero-order valence-corrected chi connectivity index (χ0v) is 13.4. The van der Waals surface area contributed by atoms with Crippen LogP contribution in [-0.2, 0) is 14.9 Å². The minimum absolute atomic E-state index is 0.356. The van der Waals surface area contributed by atoms with Gasteiger partial charge in [-0.3, -0.25) is 5.32 Å². The predicted molar refractivity (Wildman–Crippen MR) is 81.0 cm³/mol. The number of ether oxygens (including phenoxy) is 1. The molecule has 0 radical (unpaired) electrons. The van der Waals surface area contributed by atoms with E-state index >= 15 is 0 Å². The van der Waals surface area contributed by atoms with Gasteiger partial charge < -0.3 is 9.53 Å². The van der Waals surface area contributed by atoms with Crippen molar-refractivity contribution in [3.05, 3.63) is 28.2 Å². The van der Waals surface area contributed by atoms with Crippen molar-refractivity contribution < 1.29 is 14.3 Å². The molecule has 1 aliphatic carbocycles. The van der Waals surface area contributed by atoms with Crippen LogP contribution in [0.15, 0.2) is 22.7 Å². The van der Waals surface area contributed by atoms with Crippen molar-refractivity contribution in [2.45, 2.75) is 44.6 Å². The second-order valence-corrected chi connectivity index (χ2v) is 6.95. The van der Waals surface area contributed by atoms with E-state index in [2.05, 4.69) is 21.2 Å². The van der Waals surface area contributed by atoms with Crippen molar-refractivity contribution in [1.29, 1.82) is 0 Å². The molecule has 0 atom stereocenters. The molecule has 1 fully saturated rings. The van der Waals surface area contributed by atoms with Crippen molar-refractivity contribution in [2.75, 3.05) is 5.32 Å².